The van der Waals surface area contributed by atoms with E-state index in [1.165, 1.54) is 11.8 Å². The average molecular weight is 255 g/mol. The summed E-state index contributed by atoms with van der Waals surface area (Å²) in [6, 6.07) is 0. The Hall–Kier alpha value is -1.08. The van der Waals surface area contributed by atoms with Gasteiger partial charge in [-0.2, -0.15) is 0 Å². The minimum atomic E-state index is -0.115. The molecule has 7 heteroatoms. The topological polar surface area (TPSA) is 63.1 Å². The van der Waals surface area contributed by atoms with E-state index in [0.29, 0.717) is 0 Å². The van der Waals surface area contributed by atoms with Crippen molar-refractivity contribution in [2.75, 3.05) is 26.2 Å². The van der Waals surface area contributed by atoms with Crippen molar-refractivity contribution in [3.63, 3.8) is 0 Å². The minimum absolute atomic E-state index is 0.115. The molecule has 1 aliphatic heterocycles. The highest BCUT2D eigenvalue weighted by Crippen LogP contribution is 2.21. The Morgan fingerprint density at radius 2 is 2.24 bits per heavy atom. The second-order valence-corrected chi connectivity index (χ2v) is 5.37. The molecule has 0 aliphatic carbocycles. The number of hydrogen-bond acceptors (Lipinski definition) is 5. The van der Waals surface area contributed by atoms with Gasteiger partial charge in [-0.15, -0.1) is 10.2 Å². The quantitative estimate of drug-likeness (QED) is 0.753. The summed E-state index contributed by atoms with van der Waals surface area (Å²) in [6.07, 6.45) is 1.64. The summed E-state index contributed by atoms with van der Waals surface area (Å²) in [7, 11) is 1.88. The number of thioether (sulfide) groups is 1. The number of rotatable bonds is 3. The molecule has 94 valence electrons. The van der Waals surface area contributed by atoms with Crippen molar-refractivity contribution < 1.29 is 4.79 Å². The molecule has 1 aliphatic rings. The fraction of sp³-hybridized carbons (Fsp3) is 0.700. The van der Waals surface area contributed by atoms with Gasteiger partial charge in [-0.25, -0.2) is 0 Å². The van der Waals surface area contributed by atoms with Gasteiger partial charge in [-0.05, 0) is 6.92 Å². The number of amides is 1. The lowest BCUT2D eigenvalue weighted by Crippen LogP contribution is -2.48. The van der Waals surface area contributed by atoms with Gasteiger partial charge in [0.15, 0.2) is 5.16 Å². The Bertz CT molecular complexity index is 388. The standard InChI is InChI=1S/C10H17N5OS/c1-8(17-10-13-12-7-14(10)2)9(16)15-5-3-11-4-6-15/h7-8,11H,3-6H2,1-2H3. The molecular formula is C10H17N5OS. The highest BCUT2D eigenvalue weighted by molar-refractivity contribution is 8.00. The smallest absolute Gasteiger partial charge is 0.235 e. The summed E-state index contributed by atoms with van der Waals surface area (Å²) in [5, 5.41) is 11.7. The second-order valence-electron chi connectivity index (χ2n) is 4.06. The zero-order chi connectivity index (χ0) is 12.3. The van der Waals surface area contributed by atoms with Crippen molar-refractivity contribution in [2.24, 2.45) is 7.05 Å². The maximum atomic E-state index is 12.2. The molecule has 0 saturated carbocycles. The van der Waals surface area contributed by atoms with Gasteiger partial charge < -0.3 is 14.8 Å². The molecule has 1 unspecified atom stereocenters. The van der Waals surface area contributed by atoms with Crippen LogP contribution in [0.2, 0.25) is 0 Å². The molecule has 17 heavy (non-hydrogen) atoms. The van der Waals surface area contributed by atoms with Crippen molar-refractivity contribution in [1.29, 1.82) is 0 Å². The number of nitrogens with one attached hydrogen (secondary N) is 1. The van der Waals surface area contributed by atoms with Crippen LogP contribution in [0.1, 0.15) is 6.92 Å². The van der Waals surface area contributed by atoms with Crippen molar-refractivity contribution >= 4 is 17.7 Å². The van der Waals surface area contributed by atoms with Crippen LogP contribution < -0.4 is 5.32 Å². The zero-order valence-electron chi connectivity index (χ0n) is 10.1. The molecule has 0 bridgehead atoms. The van der Waals surface area contributed by atoms with Crippen molar-refractivity contribution in [3.05, 3.63) is 6.33 Å². The number of aromatic nitrogens is 3. The van der Waals surface area contributed by atoms with Crippen LogP contribution in [0.5, 0.6) is 0 Å². The summed E-state index contributed by atoms with van der Waals surface area (Å²) in [5.41, 5.74) is 0. The molecule has 0 aromatic carbocycles. The van der Waals surface area contributed by atoms with E-state index in [1.807, 2.05) is 23.4 Å². The number of hydrogen-bond donors (Lipinski definition) is 1. The van der Waals surface area contributed by atoms with E-state index in [1.54, 1.807) is 6.33 Å². The van der Waals surface area contributed by atoms with Crippen LogP contribution >= 0.6 is 11.8 Å². The molecule has 1 N–H and O–H groups in total. The van der Waals surface area contributed by atoms with E-state index in [2.05, 4.69) is 15.5 Å². The maximum absolute atomic E-state index is 12.2. The molecule has 1 fully saturated rings. The molecule has 0 radical (unpaired) electrons. The molecule has 2 rings (SSSR count). The molecule has 6 nitrogen and oxygen atoms in total. The first-order chi connectivity index (χ1) is 8.18. The number of aryl methyl sites for hydroxylation is 1. The summed E-state index contributed by atoms with van der Waals surface area (Å²) >= 11 is 1.46. The monoisotopic (exact) mass is 255 g/mol. The highest BCUT2D eigenvalue weighted by Gasteiger charge is 2.23. The van der Waals surface area contributed by atoms with Gasteiger partial charge >= 0.3 is 0 Å². The summed E-state index contributed by atoms with van der Waals surface area (Å²) < 4.78 is 1.83. The predicted octanol–water partition coefficient (Wildman–Crippen LogP) is -0.272. The highest BCUT2D eigenvalue weighted by atomic mass is 32.2. The van der Waals surface area contributed by atoms with Gasteiger partial charge in [0, 0.05) is 33.2 Å². The van der Waals surface area contributed by atoms with E-state index in [-0.39, 0.29) is 11.2 Å². The SMILES string of the molecule is CC(Sc1nncn1C)C(=O)N1CCNCC1. The van der Waals surface area contributed by atoms with Gasteiger partial charge in [0.1, 0.15) is 6.33 Å². The number of carbonyl (C=O) groups is 1. The van der Waals surface area contributed by atoms with Crippen molar-refractivity contribution in [2.45, 2.75) is 17.3 Å². The van der Waals surface area contributed by atoms with E-state index in [0.717, 1.165) is 31.3 Å². The molecule has 2 heterocycles. The van der Waals surface area contributed by atoms with E-state index >= 15 is 0 Å². The third-order valence-corrected chi connectivity index (χ3v) is 3.86. The average Bonchev–Trinajstić information content (AvgIpc) is 2.75. The van der Waals surface area contributed by atoms with Gasteiger partial charge in [0.2, 0.25) is 5.91 Å². The first-order valence-electron chi connectivity index (χ1n) is 5.68. The summed E-state index contributed by atoms with van der Waals surface area (Å²) in [5.74, 6) is 0.180. The fourth-order valence-electron chi connectivity index (χ4n) is 1.73. The Morgan fingerprint density at radius 3 is 2.82 bits per heavy atom. The summed E-state index contributed by atoms with van der Waals surface area (Å²) in [6.45, 7) is 5.27. The lowest BCUT2D eigenvalue weighted by atomic mass is 10.3. The van der Waals surface area contributed by atoms with Crippen LogP contribution in [0.4, 0.5) is 0 Å². The third-order valence-electron chi connectivity index (χ3n) is 2.73. The molecule has 1 amide bonds. The number of piperazine rings is 1. The van der Waals surface area contributed by atoms with Crippen molar-refractivity contribution in [1.82, 2.24) is 25.0 Å². The number of carbonyl (C=O) groups excluding carboxylic acids is 1. The second kappa shape index (κ2) is 5.50. The lowest BCUT2D eigenvalue weighted by molar-refractivity contribution is -0.130. The van der Waals surface area contributed by atoms with E-state index in [9.17, 15) is 4.79 Å². The van der Waals surface area contributed by atoms with Crippen LogP contribution in [-0.2, 0) is 11.8 Å². The van der Waals surface area contributed by atoms with Crippen molar-refractivity contribution in [3.8, 4) is 0 Å². The first kappa shape index (κ1) is 12.4. The maximum Gasteiger partial charge on any atom is 0.235 e. The van der Waals surface area contributed by atoms with Gasteiger partial charge in [-0.1, -0.05) is 11.8 Å². The lowest BCUT2D eigenvalue weighted by Gasteiger charge is -2.29. The Kier molecular flexibility index (Phi) is 4.01. The largest absolute Gasteiger partial charge is 0.339 e. The first-order valence-corrected chi connectivity index (χ1v) is 6.56. The van der Waals surface area contributed by atoms with Crippen LogP contribution in [0, 0.1) is 0 Å². The molecule has 1 aromatic heterocycles. The third kappa shape index (κ3) is 2.98. The minimum Gasteiger partial charge on any atom is -0.339 e. The molecule has 1 saturated heterocycles. The molecule has 0 spiro atoms. The van der Waals surface area contributed by atoms with E-state index < -0.39 is 0 Å². The van der Waals surface area contributed by atoms with Crippen LogP contribution in [0.3, 0.4) is 0 Å². The van der Waals surface area contributed by atoms with Crippen LogP contribution in [0.25, 0.3) is 0 Å². The normalized spacial score (nSPS) is 18.1. The van der Waals surface area contributed by atoms with Crippen LogP contribution in [0.15, 0.2) is 11.5 Å². The van der Waals surface area contributed by atoms with Gasteiger partial charge in [-0.3, -0.25) is 4.79 Å². The molecule has 1 atom stereocenters. The number of nitrogens with zero attached hydrogens (tertiary/aromatic N) is 4. The van der Waals surface area contributed by atoms with E-state index in [4.69, 9.17) is 0 Å². The zero-order valence-corrected chi connectivity index (χ0v) is 10.9. The predicted molar refractivity (Wildman–Crippen MR) is 65.8 cm³/mol. The van der Waals surface area contributed by atoms with Crippen LogP contribution in [-0.4, -0.2) is 57.0 Å². The summed E-state index contributed by atoms with van der Waals surface area (Å²) in [4.78, 5) is 14.1. The van der Waals surface area contributed by atoms with Gasteiger partial charge in [0.05, 0.1) is 5.25 Å². The Morgan fingerprint density at radius 1 is 1.53 bits per heavy atom. The fourth-order valence-corrected chi connectivity index (χ4v) is 2.60. The molecule has 1 aromatic rings. The Balaban J connectivity index is 1.93. The molecular weight excluding hydrogens is 238 g/mol. The van der Waals surface area contributed by atoms with Gasteiger partial charge in [0.25, 0.3) is 0 Å². The Labute approximate surface area is 105 Å².